The van der Waals surface area contributed by atoms with Crippen molar-refractivity contribution in [2.45, 2.75) is 20.3 Å². The van der Waals surface area contributed by atoms with Gasteiger partial charge in [-0.1, -0.05) is 49.7 Å². The number of nitrogens with zero attached hydrogens (tertiary/aromatic N) is 2. The second-order valence-electron chi connectivity index (χ2n) is 7.33. The van der Waals surface area contributed by atoms with Crippen LogP contribution in [-0.4, -0.2) is 19.2 Å². The van der Waals surface area contributed by atoms with E-state index >= 15 is 0 Å². The van der Waals surface area contributed by atoms with Gasteiger partial charge in [-0.3, -0.25) is 0 Å². The minimum atomic E-state index is 0.420. The SMILES string of the molecule is COc1cc(NC=C(C#N)c2nc(-c3ccc(CC(C)C)cc3)cs2)c(OC)cc1Cl. The van der Waals surface area contributed by atoms with Gasteiger partial charge in [0.2, 0.25) is 0 Å². The molecule has 3 aromatic rings. The standard InChI is InChI=1S/C24H24ClN3O2S/c1-15(2)9-16-5-7-17(8-6-16)21-14-31-24(28-21)18(12-26)13-27-20-11-22(29-3)19(25)10-23(20)30-4/h5-8,10-11,13-15,27H,9H2,1-4H3. The summed E-state index contributed by atoms with van der Waals surface area (Å²) in [6.45, 7) is 4.42. The van der Waals surface area contributed by atoms with Gasteiger partial charge in [-0.05, 0) is 17.9 Å². The first-order valence-electron chi connectivity index (χ1n) is 9.78. The summed E-state index contributed by atoms with van der Waals surface area (Å²) in [5, 5.41) is 15.8. The number of methoxy groups -OCH3 is 2. The van der Waals surface area contributed by atoms with Crippen molar-refractivity contribution in [2.24, 2.45) is 5.92 Å². The third-order valence-electron chi connectivity index (χ3n) is 4.59. The molecule has 5 nitrogen and oxygen atoms in total. The number of aromatic nitrogens is 1. The summed E-state index contributed by atoms with van der Waals surface area (Å²) in [5.41, 5.74) is 4.24. The van der Waals surface area contributed by atoms with Crippen LogP contribution in [0.3, 0.4) is 0 Å². The molecule has 0 aliphatic heterocycles. The van der Waals surface area contributed by atoms with Gasteiger partial charge in [0.05, 0.1) is 30.6 Å². The predicted molar refractivity (Wildman–Crippen MR) is 128 cm³/mol. The molecule has 0 aliphatic carbocycles. The zero-order chi connectivity index (χ0) is 22.4. The highest BCUT2D eigenvalue weighted by Crippen LogP contribution is 2.36. The third kappa shape index (κ3) is 5.57. The second-order valence-corrected chi connectivity index (χ2v) is 8.60. The molecule has 0 bridgehead atoms. The fraction of sp³-hybridized carbons (Fsp3) is 0.250. The van der Waals surface area contributed by atoms with Crippen molar-refractivity contribution < 1.29 is 9.47 Å². The number of allylic oxidation sites excluding steroid dienone is 1. The van der Waals surface area contributed by atoms with E-state index in [0.29, 0.717) is 38.7 Å². The fourth-order valence-electron chi connectivity index (χ4n) is 3.08. The molecule has 7 heteroatoms. The molecule has 0 aliphatic rings. The Balaban J connectivity index is 1.82. The van der Waals surface area contributed by atoms with Gasteiger partial charge in [0.15, 0.2) is 0 Å². The number of halogens is 1. The molecule has 0 amide bonds. The Morgan fingerprint density at radius 1 is 1.19 bits per heavy atom. The molecular weight excluding hydrogens is 430 g/mol. The highest BCUT2D eigenvalue weighted by atomic mass is 35.5. The van der Waals surface area contributed by atoms with Gasteiger partial charge in [0, 0.05) is 29.3 Å². The topological polar surface area (TPSA) is 67.2 Å². The van der Waals surface area contributed by atoms with Gasteiger partial charge < -0.3 is 14.8 Å². The van der Waals surface area contributed by atoms with E-state index in [1.807, 2.05) is 5.38 Å². The van der Waals surface area contributed by atoms with Gasteiger partial charge in [-0.2, -0.15) is 5.26 Å². The van der Waals surface area contributed by atoms with E-state index in [-0.39, 0.29) is 0 Å². The maximum Gasteiger partial charge on any atom is 0.144 e. The van der Waals surface area contributed by atoms with Crippen LogP contribution in [0.1, 0.15) is 24.4 Å². The van der Waals surface area contributed by atoms with Crippen LogP contribution in [0.2, 0.25) is 5.02 Å². The van der Waals surface area contributed by atoms with Gasteiger partial charge in [-0.25, -0.2) is 4.98 Å². The maximum absolute atomic E-state index is 9.66. The van der Waals surface area contributed by atoms with Crippen molar-refractivity contribution in [1.29, 1.82) is 5.26 Å². The number of nitrogens with one attached hydrogen (secondary N) is 1. The highest BCUT2D eigenvalue weighted by Gasteiger charge is 2.12. The van der Waals surface area contributed by atoms with Crippen molar-refractivity contribution >= 4 is 34.2 Å². The van der Waals surface area contributed by atoms with Crippen LogP contribution in [0.4, 0.5) is 5.69 Å². The Kier molecular flexibility index (Phi) is 7.56. The van der Waals surface area contributed by atoms with Crippen LogP contribution < -0.4 is 14.8 Å². The number of rotatable bonds is 8. The average Bonchev–Trinajstić information content (AvgIpc) is 3.25. The molecule has 1 N–H and O–H groups in total. The summed E-state index contributed by atoms with van der Waals surface area (Å²) < 4.78 is 10.6. The lowest BCUT2D eigenvalue weighted by atomic mass is 10.0. The van der Waals surface area contributed by atoms with Crippen LogP contribution in [0.25, 0.3) is 16.8 Å². The second kappa shape index (κ2) is 10.3. The van der Waals surface area contributed by atoms with Gasteiger partial charge in [0.1, 0.15) is 28.1 Å². The molecular formula is C24H24ClN3O2S. The Labute approximate surface area is 191 Å². The zero-order valence-corrected chi connectivity index (χ0v) is 19.5. The van der Waals surface area contributed by atoms with Crippen molar-refractivity contribution in [3.63, 3.8) is 0 Å². The molecule has 0 atom stereocenters. The van der Waals surface area contributed by atoms with Crippen molar-refractivity contribution in [3.8, 4) is 28.8 Å². The molecule has 1 aromatic heterocycles. The van der Waals surface area contributed by atoms with E-state index in [9.17, 15) is 5.26 Å². The molecule has 0 unspecified atom stereocenters. The van der Waals surface area contributed by atoms with Crippen LogP contribution in [-0.2, 0) is 6.42 Å². The largest absolute Gasteiger partial charge is 0.495 e. The summed E-state index contributed by atoms with van der Waals surface area (Å²) in [5.74, 6) is 1.67. The molecule has 1 heterocycles. The molecule has 0 spiro atoms. The monoisotopic (exact) mass is 453 g/mol. The molecule has 0 radical (unpaired) electrons. The van der Waals surface area contributed by atoms with Crippen LogP contribution in [0.5, 0.6) is 11.5 Å². The Morgan fingerprint density at radius 2 is 1.90 bits per heavy atom. The Morgan fingerprint density at radius 3 is 2.52 bits per heavy atom. The molecule has 3 rings (SSSR count). The number of nitriles is 1. The summed E-state index contributed by atoms with van der Waals surface area (Å²) in [4.78, 5) is 4.66. The third-order valence-corrected chi connectivity index (χ3v) is 5.77. The minimum Gasteiger partial charge on any atom is -0.495 e. The van der Waals surface area contributed by atoms with Crippen LogP contribution in [0, 0.1) is 17.2 Å². The lowest BCUT2D eigenvalue weighted by Gasteiger charge is -2.12. The molecule has 0 saturated heterocycles. The first kappa shape index (κ1) is 22.7. The zero-order valence-electron chi connectivity index (χ0n) is 17.9. The lowest BCUT2D eigenvalue weighted by Crippen LogP contribution is -1.96. The van der Waals surface area contributed by atoms with E-state index in [1.54, 1.807) is 32.6 Å². The molecule has 2 aromatic carbocycles. The van der Waals surface area contributed by atoms with Gasteiger partial charge >= 0.3 is 0 Å². The molecule has 160 valence electrons. The van der Waals surface area contributed by atoms with Crippen LogP contribution >= 0.6 is 22.9 Å². The van der Waals surface area contributed by atoms with E-state index in [2.05, 4.69) is 54.5 Å². The van der Waals surface area contributed by atoms with Crippen LogP contribution in [0.15, 0.2) is 48.0 Å². The molecule has 31 heavy (non-hydrogen) atoms. The molecule has 0 saturated carbocycles. The maximum atomic E-state index is 9.66. The van der Waals surface area contributed by atoms with E-state index in [0.717, 1.165) is 17.7 Å². The quantitative estimate of drug-likeness (QED) is 0.386. The summed E-state index contributed by atoms with van der Waals surface area (Å²) in [6, 6.07) is 14.0. The van der Waals surface area contributed by atoms with Crippen molar-refractivity contribution in [2.75, 3.05) is 19.5 Å². The fourth-order valence-corrected chi connectivity index (χ4v) is 4.10. The molecule has 0 fully saturated rings. The number of ether oxygens (including phenoxy) is 2. The summed E-state index contributed by atoms with van der Waals surface area (Å²) >= 11 is 7.58. The average molecular weight is 454 g/mol. The van der Waals surface area contributed by atoms with E-state index < -0.39 is 0 Å². The first-order chi connectivity index (χ1) is 14.9. The van der Waals surface area contributed by atoms with E-state index in [1.165, 1.54) is 16.9 Å². The normalized spacial score (nSPS) is 11.3. The number of hydrogen-bond donors (Lipinski definition) is 1. The number of benzene rings is 2. The van der Waals surface area contributed by atoms with E-state index in [4.69, 9.17) is 21.1 Å². The number of thiazole rings is 1. The highest BCUT2D eigenvalue weighted by molar-refractivity contribution is 7.11. The first-order valence-corrected chi connectivity index (χ1v) is 11.0. The predicted octanol–water partition coefficient (Wildman–Crippen LogP) is 6.66. The van der Waals surface area contributed by atoms with Gasteiger partial charge in [0.25, 0.3) is 0 Å². The lowest BCUT2D eigenvalue weighted by molar-refractivity contribution is 0.405. The van der Waals surface area contributed by atoms with Crippen molar-refractivity contribution in [3.05, 3.63) is 63.6 Å². The number of hydrogen-bond acceptors (Lipinski definition) is 6. The minimum absolute atomic E-state index is 0.420. The number of anilines is 1. The smallest absolute Gasteiger partial charge is 0.144 e. The summed E-state index contributed by atoms with van der Waals surface area (Å²) in [6.07, 6.45) is 2.66. The van der Waals surface area contributed by atoms with Gasteiger partial charge in [-0.15, -0.1) is 11.3 Å². The summed E-state index contributed by atoms with van der Waals surface area (Å²) in [7, 11) is 3.10. The van der Waals surface area contributed by atoms with Crippen molar-refractivity contribution in [1.82, 2.24) is 4.98 Å². The Hall–Kier alpha value is -3.01. The Bertz CT molecular complexity index is 1110.